The highest BCUT2D eigenvalue weighted by Crippen LogP contribution is 2.20. The van der Waals surface area contributed by atoms with Crippen molar-refractivity contribution in [2.45, 2.75) is 39.8 Å². The molecule has 0 amide bonds. The summed E-state index contributed by atoms with van der Waals surface area (Å²) in [5.74, 6) is 0.771. The van der Waals surface area contributed by atoms with Crippen molar-refractivity contribution in [3.63, 3.8) is 0 Å². The zero-order valence-electron chi connectivity index (χ0n) is 11.0. The molecule has 2 rings (SSSR count). The van der Waals surface area contributed by atoms with Crippen molar-refractivity contribution >= 4 is 0 Å². The molecule has 6 nitrogen and oxygen atoms in total. The number of aromatic nitrogens is 5. The largest absolute Gasteiger partial charge is 0.318 e. The molecule has 2 aromatic rings. The third-order valence-electron chi connectivity index (χ3n) is 2.83. The molecular formula is C12H18N6. The maximum absolute atomic E-state index is 6.27. The highest BCUT2D eigenvalue weighted by molar-refractivity contribution is 5.28. The van der Waals surface area contributed by atoms with Crippen molar-refractivity contribution in [2.24, 2.45) is 5.73 Å². The lowest BCUT2D eigenvalue weighted by Gasteiger charge is -2.14. The molecule has 0 radical (unpaired) electrons. The molecule has 0 spiro atoms. The first-order valence-corrected chi connectivity index (χ1v) is 6.07. The molecule has 0 fully saturated rings. The first kappa shape index (κ1) is 12.6. The van der Waals surface area contributed by atoms with E-state index in [1.807, 2.05) is 24.6 Å². The van der Waals surface area contributed by atoms with Gasteiger partial charge in [-0.15, -0.1) is 0 Å². The van der Waals surface area contributed by atoms with Gasteiger partial charge in [0, 0.05) is 12.1 Å². The fraction of sp³-hybridized carbons (Fsp3) is 0.500. The van der Waals surface area contributed by atoms with Crippen LogP contribution in [0.5, 0.6) is 0 Å². The molecule has 2 heterocycles. The third kappa shape index (κ3) is 2.38. The molecule has 0 aliphatic carbocycles. The van der Waals surface area contributed by atoms with Crippen LogP contribution in [0, 0.1) is 13.8 Å². The van der Waals surface area contributed by atoms with E-state index in [-0.39, 0.29) is 6.04 Å². The number of hydrogen-bond donors (Lipinski definition) is 1. The number of rotatable bonds is 4. The monoisotopic (exact) mass is 246 g/mol. The molecule has 18 heavy (non-hydrogen) atoms. The maximum Gasteiger partial charge on any atom is 0.148 e. The lowest BCUT2D eigenvalue weighted by atomic mass is 10.1. The molecular weight excluding hydrogens is 228 g/mol. The Morgan fingerprint density at radius 3 is 2.83 bits per heavy atom. The molecule has 0 bridgehead atoms. The van der Waals surface area contributed by atoms with Crippen molar-refractivity contribution in [3.8, 4) is 0 Å². The smallest absolute Gasteiger partial charge is 0.148 e. The summed E-state index contributed by atoms with van der Waals surface area (Å²) in [6.45, 7) is 6.72. The second-order valence-electron chi connectivity index (χ2n) is 4.35. The summed E-state index contributed by atoms with van der Waals surface area (Å²) >= 11 is 0. The number of aryl methyl sites for hydroxylation is 3. The van der Waals surface area contributed by atoms with E-state index in [0.29, 0.717) is 0 Å². The quantitative estimate of drug-likeness (QED) is 0.874. The first-order valence-electron chi connectivity index (χ1n) is 6.07. The van der Waals surface area contributed by atoms with Crippen LogP contribution in [0.4, 0.5) is 0 Å². The Morgan fingerprint density at radius 2 is 2.11 bits per heavy atom. The van der Waals surface area contributed by atoms with Gasteiger partial charge in [-0.25, -0.2) is 9.67 Å². The number of nitrogens with two attached hydrogens (primary N) is 1. The van der Waals surface area contributed by atoms with Gasteiger partial charge in [-0.1, -0.05) is 6.92 Å². The van der Waals surface area contributed by atoms with Gasteiger partial charge in [0.25, 0.3) is 0 Å². The standard InChI is InChI=1S/C12H18N6/c1-4-5-18-12(14-7-15-18)11(13)10-6-8(2)16-17-9(10)3/h6-7,11H,4-5,13H2,1-3H3. The van der Waals surface area contributed by atoms with E-state index in [0.717, 1.165) is 35.7 Å². The van der Waals surface area contributed by atoms with Gasteiger partial charge in [-0.05, 0) is 26.3 Å². The molecule has 1 unspecified atom stereocenters. The van der Waals surface area contributed by atoms with Gasteiger partial charge in [-0.3, -0.25) is 0 Å². The highest BCUT2D eigenvalue weighted by atomic mass is 15.3. The van der Waals surface area contributed by atoms with Gasteiger partial charge in [0.2, 0.25) is 0 Å². The minimum Gasteiger partial charge on any atom is -0.318 e. The molecule has 2 N–H and O–H groups in total. The van der Waals surface area contributed by atoms with Crippen molar-refractivity contribution < 1.29 is 0 Å². The number of nitrogens with zero attached hydrogens (tertiary/aromatic N) is 5. The topological polar surface area (TPSA) is 82.5 Å². The minimum atomic E-state index is -0.312. The molecule has 0 aliphatic rings. The Hall–Kier alpha value is -1.82. The van der Waals surface area contributed by atoms with Crippen molar-refractivity contribution in [1.82, 2.24) is 25.0 Å². The van der Waals surface area contributed by atoms with Crippen LogP contribution in [0.3, 0.4) is 0 Å². The Balaban J connectivity index is 2.38. The predicted molar refractivity (Wildman–Crippen MR) is 67.8 cm³/mol. The van der Waals surface area contributed by atoms with E-state index in [4.69, 9.17) is 5.73 Å². The van der Waals surface area contributed by atoms with E-state index >= 15 is 0 Å². The predicted octanol–water partition coefficient (Wildman–Crippen LogP) is 1.14. The zero-order chi connectivity index (χ0) is 13.1. The molecule has 0 aromatic carbocycles. The lowest BCUT2D eigenvalue weighted by molar-refractivity contribution is 0.551. The van der Waals surface area contributed by atoms with Gasteiger partial charge in [-0.2, -0.15) is 15.3 Å². The van der Waals surface area contributed by atoms with Gasteiger partial charge < -0.3 is 5.73 Å². The van der Waals surface area contributed by atoms with Crippen molar-refractivity contribution in [3.05, 3.63) is 35.2 Å². The fourth-order valence-corrected chi connectivity index (χ4v) is 1.92. The van der Waals surface area contributed by atoms with Crippen LogP contribution >= 0.6 is 0 Å². The molecule has 0 saturated carbocycles. The molecule has 0 aliphatic heterocycles. The Labute approximate surface area is 106 Å². The van der Waals surface area contributed by atoms with Gasteiger partial charge in [0.15, 0.2) is 0 Å². The maximum atomic E-state index is 6.27. The summed E-state index contributed by atoms with van der Waals surface area (Å²) in [5, 5.41) is 12.3. The highest BCUT2D eigenvalue weighted by Gasteiger charge is 2.18. The number of hydrogen-bond acceptors (Lipinski definition) is 5. The summed E-state index contributed by atoms with van der Waals surface area (Å²) in [5.41, 5.74) is 8.91. The molecule has 6 heteroatoms. The summed E-state index contributed by atoms with van der Waals surface area (Å²) in [6, 6.07) is 1.64. The van der Waals surface area contributed by atoms with Gasteiger partial charge in [0.05, 0.1) is 17.4 Å². The van der Waals surface area contributed by atoms with Gasteiger partial charge in [0.1, 0.15) is 12.2 Å². The van der Waals surface area contributed by atoms with E-state index in [1.165, 1.54) is 0 Å². The minimum absolute atomic E-state index is 0.312. The van der Waals surface area contributed by atoms with Crippen molar-refractivity contribution in [2.75, 3.05) is 0 Å². The Morgan fingerprint density at radius 1 is 1.33 bits per heavy atom. The van der Waals surface area contributed by atoms with Crippen LogP contribution in [0.25, 0.3) is 0 Å². The van der Waals surface area contributed by atoms with E-state index in [9.17, 15) is 0 Å². The Kier molecular flexibility index (Phi) is 3.66. The fourth-order valence-electron chi connectivity index (χ4n) is 1.92. The second kappa shape index (κ2) is 5.22. The second-order valence-corrected chi connectivity index (χ2v) is 4.35. The van der Waals surface area contributed by atoms with E-state index in [2.05, 4.69) is 27.2 Å². The van der Waals surface area contributed by atoms with Crippen LogP contribution in [0.2, 0.25) is 0 Å². The summed E-state index contributed by atoms with van der Waals surface area (Å²) in [7, 11) is 0. The molecule has 2 aromatic heterocycles. The summed E-state index contributed by atoms with van der Waals surface area (Å²) in [6.07, 6.45) is 2.54. The van der Waals surface area contributed by atoms with Crippen molar-refractivity contribution in [1.29, 1.82) is 0 Å². The third-order valence-corrected chi connectivity index (χ3v) is 2.83. The zero-order valence-corrected chi connectivity index (χ0v) is 11.0. The van der Waals surface area contributed by atoms with Crippen LogP contribution in [0.1, 0.15) is 42.2 Å². The average molecular weight is 246 g/mol. The van der Waals surface area contributed by atoms with E-state index in [1.54, 1.807) is 6.33 Å². The average Bonchev–Trinajstić information content (AvgIpc) is 2.80. The molecule has 0 saturated heterocycles. The SMILES string of the molecule is CCCn1ncnc1C(N)c1cc(C)nnc1C. The van der Waals surface area contributed by atoms with Crippen LogP contribution < -0.4 is 5.73 Å². The summed E-state index contributed by atoms with van der Waals surface area (Å²) < 4.78 is 1.85. The lowest BCUT2D eigenvalue weighted by Crippen LogP contribution is -2.20. The Bertz CT molecular complexity index is 533. The molecule has 96 valence electrons. The van der Waals surface area contributed by atoms with Crippen LogP contribution in [-0.4, -0.2) is 25.0 Å². The summed E-state index contributed by atoms with van der Waals surface area (Å²) in [4.78, 5) is 4.26. The van der Waals surface area contributed by atoms with Crippen LogP contribution in [-0.2, 0) is 6.54 Å². The normalized spacial score (nSPS) is 12.7. The van der Waals surface area contributed by atoms with Gasteiger partial charge >= 0.3 is 0 Å². The van der Waals surface area contributed by atoms with E-state index < -0.39 is 0 Å². The van der Waals surface area contributed by atoms with Crippen LogP contribution in [0.15, 0.2) is 12.4 Å². The first-order chi connectivity index (χ1) is 8.63. The molecule has 1 atom stereocenters.